The maximum absolute atomic E-state index is 12.4. The zero-order chi connectivity index (χ0) is 20.1. The van der Waals surface area contributed by atoms with Gasteiger partial charge in [0, 0.05) is 23.6 Å². The fourth-order valence-corrected chi connectivity index (χ4v) is 3.41. The van der Waals surface area contributed by atoms with E-state index in [0.717, 1.165) is 28.2 Å². The monoisotopic (exact) mass is 378 g/mol. The Morgan fingerprint density at radius 2 is 1.68 bits per heavy atom. The molecule has 0 aliphatic carbocycles. The highest BCUT2D eigenvalue weighted by atomic mass is 16.5. The smallest absolute Gasteiger partial charge is 0.224 e. The number of amides is 1. The molecule has 0 unspecified atom stereocenters. The largest absolute Gasteiger partial charge is 0.493 e. The molecule has 0 atom stereocenters. The van der Waals surface area contributed by atoms with E-state index in [-0.39, 0.29) is 12.3 Å². The number of ether oxygens (including phenoxy) is 2. The molecular formula is C23H26N2O3. The van der Waals surface area contributed by atoms with Gasteiger partial charge in [0.15, 0.2) is 11.5 Å². The summed E-state index contributed by atoms with van der Waals surface area (Å²) in [7, 11) is 3.18. The third-order valence-corrected chi connectivity index (χ3v) is 4.84. The molecule has 5 nitrogen and oxygen atoms in total. The summed E-state index contributed by atoms with van der Waals surface area (Å²) in [4.78, 5) is 12.4. The van der Waals surface area contributed by atoms with Gasteiger partial charge in [-0.2, -0.15) is 0 Å². The molecule has 2 aromatic carbocycles. The number of rotatable bonds is 7. The molecule has 0 saturated carbocycles. The molecule has 3 aromatic rings. The molecule has 0 bridgehead atoms. The quantitative estimate of drug-likeness (QED) is 0.677. The summed E-state index contributed by atoms with van der Waals surface area (Å²) in [6.45, 7) is 4.66. The lowest BCUT2D eigenvalue weighted by Crippen LogP contribution is -2.24. The minimum absolute atomic E-state index is 0.0308. The molecule has 5 heteroatoms. The molecule has 0 radical (unpaired) electrons. The second-order valence-electron chi connectivity index (χ2n) is 6.71. The van der Waals surface area contributed by atoms with Crippen LogP contribution in [-0.2, 0) is 17.8 Å². The van der Waals surface area contributed by atoms with Gasteiger partial charge in [-0.15, -0.1) is 0 Å². The summed E-state index contributed by atoms with van der Waals surface area (Å²) in [5.74, 6) is 1.25. The van der Waals surface area contributed by atoms with Crippen LogP contribution in [0.25, 0.3) is 5.69 Å². The number of para-hydroxylation sites is 1. The van der Waals surface area contributed by atoms with Gasteiger partial charge in [0.2, 0.25) is 5.91 Å². The standard InChI is InChI=1S/C23H26N2O3/c1-16-12-19(17(2)25(16)20-8-6-5-7-9-20)15-24-23(26)14-18-10-11-21(27-3)22(13-18)28-4/h5-13H,14-15H2,1-4H3,(H,24,26). The van der Waals surface area contributed by atoms with Crippen LogP contribution in [0.3, 0.4) is 0 Å². The Morgan fingerprint density at radius 3 is 2.36 bits per heavy atom. The second kappa shape index (κ2) is 8.65. The fraction of sp³-hybridized carbons (Fsp3) is 0.261. The van der Waals surface area contributed by atoms with Crippen molar-refractivity contribution in [2.75, 3.05) is 14.2 Å². The maximum Gasteiger partial charge on any atom is 0.224 e. The minimum atomic E-state index is -0.0308. The van der Waals surface area contributed by atoms with E-state index in [4.69, 9.17) is 9.47 Å². The van der Waals surface area contributed by atoms with Crippen LogP contribution in [0.1, 0.15) is 22.5 Å². The van der Waals surface area contributed by atoms with Crippen molar-refractivity contribution >= 4 is 5.91 Å². The molecule has 1 N–H and O–H groups in total. The molecule has 0 saturated heterocycles. The highest BCUT2D eigenvalue weighted by Crippen LogP contribution is 2.27. The molecule has 1 heterocycles. The zero-order valence-corrected chi connectivity index (χ0v) is 16.8. The van der Waals surface area contributed by atoms with Crippen molar-refractivity contribution in [1.82, 2.24) is 9.88 Å². The van der Waals surface area contributed by atoms with Gasteiger partial charge in [0.25, 0.3) is 0 Å². The van der Waals surface area contributed by atoms with Crippen molar-refractivity contribution in [2.24, 2.45) is 0 Å². The Kier molecular flexibility index (Phi) is 6.04. The highest BCUT2D eigenvalue weighted by Gasteiger charge is 2.12. The summed E-state index contributed by atoms with van der Waals surface area (Å²) in [5, 5.41) is 3.02. The number of aryl methyl sites for hydroxylation is 1. The molecule has 0 spiro atoms. The fourth-order valence-electron chi connectivity index (χ4n) is 3.41. The van der Waals surface area contributed by atoms with Crippen LogP contribution in [0.15, 0.2) is 54.6 Å². The van der Waals surface area contributed by atoms with Crippen LogP contribution in [0, 0.1) is 13.8 Å². The third-order valence-electron chi connectivity index (χ3n) is 4.84. The Hall–Kier alpha value is -3.21. The number of aromatic nitrogens is 1. The van der Waals surface area contributed by atoms with Crippen molar-refractivity contribution in [3.8, 4) is 17.2 Å². The lowest BCUT2D eigenvalue weighted by Gasteiger charge is -2.11. The predicted molar refractivity (Wildman–Crippen MR) is 110 cm³/mol. The van der Waals surface area contributed by atoms with Crippen LogP contribution in [0.5, 0.6) is 11.5 Å². The van der Waals surface area contributed by atoms with Gasteiger partial charge in [-0.1, -0.05) is 24.3 Å². The van der Waals surface area contributed by atoms with Gasteiger partial charge >= 0.3 is 0 Å². The summed E-state index contributed by atoms with van der Waals surface area (Å²) in [6.07, 6.45) is 0.289. The number of methoxy groups -OCH3 is 2. The number of hydrogen-bond donors (Lipinski definition) is 1. The number of nitrogens with one attached hydrogen (secondary N) is 1. The van der Waals surface area contributed by atoms with E-state index in [1.165, 1.54) is 0 Å². The SMILES string of the molecule is COc1ccc(CC(=O)NCc2cc(C)n(-c3ccccc3)c2C)cc1OC. The molecule has 0 aliphatic rings. The molecule has 146 valence electrons. The predicted octanol–water partition coefficient (Wildman–Crippen LogP) is 3.97. The van der Waals surface area contributed by atoms with E-state index in [1.807, 2.05) is 36.4 Å². The summed E-state index contributed by atoms with van der Waals surface area (Å²) >= 11 is 0. The Morgan fingerprint density at radius 1 is 0.964 bits per heavy atom. The molecule has 1 aromatic heterocycles. The van der Waals surface area contributed by atoms with Crippen LogP contribution in [-0.4, -0.2) is 24.7 Å². The molecule has 28 heavy (non-hydrogen) atoms. The Balaban J connectivity index is 1.67. The lowest BCUT2D eigenvalue weighted by atomic mass is 10.1. The topological polar surface area (TPSA) is 52.5 Å². The van der Waals surface area contributed by atoms with Crippen LogP contribution in [0.2, 0.25) is 0 Å². The van der Waals surface area contributed by atoms with Crippen molar-refractivity contribution in [3.05, 3.63) is 77.1 Å². The molecule has 0 fully saturated rings. The normalized spacial score (nSPS) is 10.6. The molecule has 1 amide bonds. The van der Waals surface area contributed by atoms with Gasteiger partial charge in [-0.05, 0) is 55.3 Å². The van der Waals surface area contributed by atoms with Gasteiger partial charge < -0.3 is 19.4 Å². The second-order valence-corrected chi connectivity index (χ2v) is 6.71. The van der Waals surface area contributed by atoms with Crippen LogP contribution < -0.4 is 14.8 Å². The van der Waals surface area contributed by atoms with Crippen molar-refractivity contribution in [2.45, 2.75) is 26.8 Å². The number of benzene rings is 2. The first kappa shape index (κ1) is 19.5. The molecular weight excluding hydrogens is 352 g/mol. The summed E-state index contributed by atoms with van der Waals surface area (Å²) < 4.78 is 12.7. The Bertz CT molecular complexity index is 961. The third kappa shape index (κ3) is 4.19. The van der Waals surface area contributed by atoms with Crippen molar-refractivity contribution < 1.29 is 14.3 Å². The van der Waals surface area contributed by atoms with Gasteiger partial charge in [-0.25, -0.2) is 0 Å². The van der Waals surface area contributed by atoms with E-state index < -0.39 is 0 Å². The minimum Gasteiger partial charge on any atom is -0.493 e. The molecule has 3 rings (SSSR count). The number of hydrogen-bond acceptors (Lipinski definition) is 3. The van der Waals surface area contributed by atoms with E-state index >= 15 is 0 Å². The van der Waals surface area contributed by atoms with Crippen molar-refractivity contribution in [3.63, 3.8) is 0 Å². The van der Waals surface area contributed by atoms with Gasteiger partial charge in [-0.3, -0.25) is 4.79 Å². The summed E-state index contributed by atoms with van der Waals surface area (Å²) in [5.41, 5.74) is 5.40. The Labute approximate surface area is 165 Å². The zero-order valence-electron chi connectivity index (χ0n) is 16.8. The average Bonchev–Trinajstić information content (AvgIpc) is 3.00. The summed E-state index contributed by atoms with van der Waals surface area (Å²) in [6, 6.07) is 17.9. The first-order valence-corrected chi connectivity index (χ1v) is 9.24. The average molecular weight is 378 g/mol. The van der Waals surface area contributed by atoms with Crippen molar-refractivity contribution in [1.29, 1.82) is 0 Å². The lowest BCUT2D eigenvalue weighted by molar-refractivity contribution is -0.120. The first-order chi connectivity index (χ1) is 13.5. The maximum atomic E-state index is 12.4. The van der Waals surface area contributed by atoms with E-state index in [9.17, 15) is 4.79 Å². The number of carbonyl (C=O) groups excluding carboxylic acids is 1. The number of carbonyl (C=O) groups is 1. The highest BCUT2D eigenvalue weighted by molar-refractivity contribution is 5.78. The first-order valence-electron chi connectivity index (χ1n) is 9.24. The molecule has 0 aliphatic heterocycles. The van der Waals surface area contributed by atoms with Gasteiger partial charge in [0.1, 0.15) is 0 Å². The van der Waals surface area contributed by atoms with Gasteiger partial charge in [0.05, 0.1) is 20.6 Å². The van der Waals surface area contributed by atoms with E-state index in [2.05, 4.69) is 41.9 Å². The van der Waals surface area contributed by atoms with Crippen LogP contribution >= 0.6 is 0 Å². The van der Waals surface area contributed by atoms with E-state index in [0.29, 0.717) is 18.0 Å². The number of nitrogens with zero attached hydrogens (tertiary/aromatic N) is 1. The van der Waals surface area contributed by atoms with E-state index in [1.54, 1.807) is 14.2 Å². The van der Waals surface area contributed by atoms with Crippen LogP contribution in [0.4, 0.5) is 0 Å².